The normalized spacial score (nSPS) is 12.6. The van der Waals surface area contributed by atoms with Crippen LogP contribution in [0.4, 0.5) is 0 Å². The Morgan fingerprint density at radius 3 is 2.52 bits per heavy atom. The minimum absolute atomic E-state index is 0.360. The van der Waals surface area contributed by atoms with Gasteiger partial charge in [-0.2, -0.15) is 0 Å². The van der Waals surface area contributed by atoms with Crippen LogP contribution in [0.5, 0.6) is 11.5 Å². The van der Waals surface area contributed by atoms with E-state index in [9.17, 15) is 0 Å². The number of hydrogen-bond acceptors (Lipinski definition) is 4. The summed E-state index contributed by atoms with van der Waals surface area (Å²) in [6.45, 7) is 14.5. The first-order chi connectivity index (χ1) is 14.0. The van der Waals surface area contributed by atoms with Crippen LogP contribution in [-0.2, 0) is 13.0 Å². The van der Waals surface area contributed by atoms with Crippen LogP contribution in [0.15, 0.2) is 29.8 Å². The topological polar surface area (TPSA) is 58.1 Å². The molecule has 0 spiro atoms. The second kappa shape index (κ2) is 13.9. The summed E-state index contributed by atoms with van der Waals surface area (Å²) in [5.74, 6) is 2.30. The molecule has 29 heavy (non-hydrogen) atoms. The summed E-state index contributed by atoms with van der Waals surface area (Å²) in [6, 6.07) is 4.48. The molecule has 1 unspecified atom stereocenters. The summed E-state index contributed by atoms with van der Waals surface area (Å²) in [6.07, 6.45) is 4.88. The number of nitrogens with one attached hydrogen (secondary N) is 2. The van der Waals surface area contributed by atoms with E-state index in [1.54, 1.807) is 21.3 Å². The number of allylic oxidation sites excluding steroid dienone is 1. The van der Waals surface area contributed by atoms with Crippen molar-refractivity contribution in [3.63, 3.8) is 0 Å². The van der Waals surface area contributed by atoms with E-state index >= 15 is 0 Å². The quantitative estimate of drug-likeness (QED) is 0.299. The lowest BCUT2D eigenvalue weighted by Crippen LogP contribution is -2.42. The van der Waals surface area contributed by atoms with Crippen molar-refractivity contribution in [2.75, 3.05) is 40.9 Å². The molecule has 1 rings (SSSR count). The van der Waals surface area contributed by atoms with Gasteiger partial charge in [0.15, 0.2) is 17.5 Å². The second-order valence-electron chi connectivity index (χ2n) is 7.12. The number of benzene rings is 1. The van der Waals surface area contributed by atoms with Gasteiger partial charge in [-0.25, -0.2) is 0 Å². The highest BCUT2D eigenvalue weighted by molar-refractivity contribution is 5.79. The molecule has 2 N–H and O–H groups in total. The molecule has 0 bridgehead atoms. The van der Waals surface area contributed by atoms with Crippen molar-refractivity contribution in [3.8, 4) is 11.5 Å². The highest BCUT2D eigenvalue weighted by atomic mass is 16.5. The van der Waals surface area contributed by atoms with Crippen LogP contribution in [0.1, 0.15) is 44.7 Å². The van der Waals surface area contributed by atoms with Gasteiger partial charge in [0.2, 0.25) is 0 Å². The summed E-state index contributed by atoms with van der Waals surface area (Å²) >= 11 is 0. The second-order valence-corrected chi connectivity index (χ2v) is 7.12. The van der Waals surface area contributed by atoms with Crippen LogP contribution in [-0.4, -0.2) is 57.8 Å². The van der Waals surface area contributed by atoms with E-state index in [0.717, 1.165) is 61.1 Å². The molecule has 6 heteroatoms. The maximum Gasteiger partial charge on any atom is 0.191 e. The molecule has 0 fully saturated rings. The zero-order chi connectivity index (χ0) is 21.6. The zero-order valence-electron chi connectivity index (χ0n) is 19.2. The third-order valence-corrected chi connectivity index (χ3v) is 5.05. The Bertz CT molecular complexity index is 642. The van der Waals surface area contributed by atoms with Crippen LogP contribution >= 0.6 is 0 Å². The number of ether oxygens (including phenoxy) is 2. The van der Waals surface area contributed by atoms with Gasteiger partial charge in [-0.1, -0.05) is 19.9 Å². The predicted octanol–water partition coefficient (Wildman–Crippen LogP) is 3.61. The lowest BCUT2D eigenvalue weighted by Gasteiger charge is -2.21. The Morgan fingerprint density at radius 1 is 1.24 bits per heavy atom. The minimum Gasteiger partial charge on any atom is -0.493 e. The van der Waals surface area contributed by atoms with Gasteiger partial charge in [0, 0.05) is 25.2 Å². The summed E-state index contributed by atoms with van der Waals surface area (Å²) < 4.78 is 11.0. The fourth-order valence-electron chi connectivity index (χ4n) is 3.36. The van der Waals surface area contributed by atoms with Crippen LogP contribution in [0.2, 0.25) is 0 Å². The third kappa shape index (κ3) is 8.36. The summed E-state index contributed by atoms with van der Waals surface area (Å²) in [4.78, 5) is 6.82. The lowest BCUT2D eigenvalue weighted by atomic mass is 10.1. The van der Waals surface area contributed by atoms with Crippen LogP contribution in [0.3, 0.4) is 0 Å². The number of aliphatic imine (C=N–C) groups is 1. The lowest BCUT2D eigenvalue weighted by molar-refractivity contribution is 0.292. The van der Waals surface area contributed by atoms with Crippen LogP contribution in [0, 0.1) is 0 Å². The molecule has 0 aromatic heterocycles. The molecule has 6 nitrogen and oxygen atoms in total. The number of rotatable bonds is 13. The average Bonchev–Trinajstić information content (AvgIpc) is 2.73. The maximum absolute atomic E-state index is 5.51. The summed E-state index contributed by atoms with van der Waals surface area (Å²) in [5.41, 5.74) is 2.17. The summed E-state index contributed by atoms with van der Waals surface area (Å²) in [5, 5.41) is 6.89. The molecular weight excluding hydrogens is 364 g/mol. The zero-order valence-corrected chi connectivity index (χ0v) is 19.2. The number of guanidine groups is 1. The van der Waals surface area contributed by atoms with E-state index in [1.165, 1.54) is 6.42 Å². The molecule has 1 atom stereocenters. The van der Waals surface area contributed by atoms with E-state index in [4.69, 9.17) is 9.47 Å². The van der Waals surface area contributed by atoms with Gasteiger partial charge in [-0.3, -0.25) is 4.99 Å². The van der Waals surface area contributed by atoms with Gasteiger partial charge in [-0.05, 0) is 63.5 Å². The number of hydrogen-bond donors (Lipinski definition) is 2. The molecule has 164 valence electrons. The van der Waals surface area contributed by atoms with Crippen molar-refractivity contribution >= 4 is 5.96 Å². The minimum atomic E-state index is 0.360. The van der Waals surface area contributed by atoms with Gasteiger partial charge < -0.3 is 25.0 Å². The molecule has 0 radical (unpaired) electrons. The monoisotopic (exact) mass is 404 g/mol. The molecule has 0 aliphatic heterocycles. The fourth-order valence-corrected chi connectivity index (χ4v) is 3.36. The highest BCUT2D eigenvalue weighted by Crippen LogP contribution is 2.33. The van der Waals surface area contributed by atoms with Crippen molar-refractivity contribution in [1.82, 2.24) is 15.5 Å². The molecule has 1 aromatic carbocycles. The smallest absolute Gasteiger partial charge is 0.191 e. The van der Waals surface area contributed by atoms with Crippen molar-refractivity contribution in [3.05, 3.63) is 35.9 Å². The Kier molecular flexibility index (Phi) is 11.9. The van der Waals surface area contributed by atoms with Gasteiger partial charge in [0.05, 0.1) is 14.2 Å². The van der Waals surface area contributed by atoms with Gasteiger partial charge in [0.25, 0.3) is 0 Å². The Hall–Kier alpha value is -2.21. The third-order valence-electron chi connectivity index (χ3n) is 5.05. The van der Waals surface area contributed by atoms with Gasteiger partial charge >= 0.3 is 0 Å². The molecule has 0 amide bonds. The van der Waals surface area contributed by atoms with E-state index < -0.39 is 0 Å². The molecular formula is C23H40N4O2. The van der Waals surface area contributed by atoms with Crippen molar-refractivity contribution in [2.24, 2.45) is 4.99 Å². The molecule has 0 saturated carbocycles. The van der Waals surface area contributed by atoms with E-state index in [1.807, 2.05) is 12.1 Å². The Balaban J connectivity index is 2.65. The molecule has 1 aromatic rings. The first kappa shape index (κ1) is 24.8. The predicted molar refractivity (Wildman–Crippen MR) is 123 cm³/mol. The SMILES string of the molecule is C=CCc1cc(CNC(=NC)NC(C)CCCN(CC)CC)cc(OC)c1OC. The largest absolute Gasteiger partial charge is 0.493 e. The molecule has 0 aliphatic carbocycles. The van der Waals surface area contributed by atoms with Gasteiger partial charge in [0.1, 0.15) is 0 Å². The average molecular weight is 405 g/mol. The molecule has 0 saturated heterocycles. The first-order valence-electron chi connectivity index (χ1n) is 10.6. The van der Waals surface area contributed by atoms with Crippen molar-refractivity contribution in [2.45, 2.75) is 52.6 Å². The van der Waals surface area contributed by atoms with Gasteiger partial charge in [-0.15, -0.1) is 6.58 Å². The maximum atomic E-state index is 5.51. The summed E-state index contributed by atoms with van der Waals surface area (Å²) in [7, 11) is 5.12. The van der Waals surface area contributed by atoms with E-state index in [0.29, 0.717) is 12.6 Å². The van der Waals surface area contributed by atoms with Crippen LogP contribution < -0.4 is 20.1 Å². The standard InChI is InChI=1S/C23H40N4O2/c1-8-12-20-15-19(16-21(28-6)22(20)29-7)17-25-23(24-5)26-18(4)13-11-14-27(9-2)10-3/h8,15-16,18H,1,9-14,17H2,2-7H3,(H2,24,25,26). The fraction of sp³-hybridized carbons (Fsp3) is 0.609. The molecule has 0 aliphatic rings. The van der Waals surface area contributed by atoms with E-state index in [2.05, 4.69) is 53.9 Å². The Labute approximate surface area is 177 Å². The van der Waals surface area contributed by atoms with Crippen molar-refractivity contribution in [1.29, 1.82) is 0 Å². The number of methoxy groups -OCH3 is 2. The van der Waals surface area contributed by atoms with Crippen LogP contribution in [0.25, 0.3) is 0 Å². The molecule has 0 heterocycles. The van der Waals surface area contributed by atoms with Crippen molar-refractivity contribution < 1.29 is 9.47 Å². The Morgan fingerprint density at radius 2 is 1.97 bits per heavy atom. The first-order valence-corrected chi connectivity index (χ1v) is 10.6. The number of nitrogens with zero attached hydrogens (tertiary/aromatic N) is 2. The van der Waals surface area contributed by atoms with E-state index in [-0.39, 0.29) is 0 Å². The highest BCUT2D eigenvalue weighted by Gasteiger charge is 2.12.